The smallest absolute Gasteiger partial charge is 0.181 e. The molecule has 0 radical (unpaired) electrons. The number of hydrogen-bond donors (Lipinski definition) is 1. The highest BCUT2D eigenvalue weighted by Gasteiger charge is 2.22. The molecule has 0 spiro atoms. The summed E-state index contributed by atoms with van der Waals surface area (Å²) in [4.78, 5) is 0. The van der Waals surface area contributed by atoms with E-state index in [0.717, 1.165) is 19.4 Å². The van der Waals surface area contributed by atoms with Crippen LogP contribution in [0.2, 0.25) is 0 Å². The summed E-state index contributed by atoms with van der Waals surface area (Å²) in [5, 5.41) is 9.64. The van der Waals surface area contributed by atoms with E-state index in [9.17, 15) is 5.11 Å². The Morgan fingerprint density at radius 2 is 1.43 bits per heavy atom. The zero-order chi connectivity index (χ0) is 14.8. The fourth-order valence-electron chi connectivity index (χ4n) is 1.64. The van der Waals surface area contributed by atoms with Crippen LogP contribution in [0.25, 0.3) is 0 Å². The molecule has 0 amide bonds. The van der Waals surface area contributed by atoms with E-state index in [2.05, 4.69) is 0 Å². The number of aliphatic hydroxyl groups excluding tert-OH is 1. The van der Waals surface area contributed by atoms with Gasteiger partial charge in [0.1, 0.15) is 18.8 Å². The summed E-state index contributed by atoms with van der Waals surface area (Å²) in [5.74, 6) is 0. The van der Waals surface area contributed by atoms with Crippen LogP contribution >= 0.6 is 0 Å². The van der Waals surface area contributed by atoms with Crippen LogP contribution in [0.3, 0.4) is 0 Å². The van der Waals surface area contributed by atoms with E-state index in [1.165, 1.54) is 0 Å². The predicted octanol–water partition coefficient (Wildman–Crippen LogP) is 1.22. The Hall–Kier alpha value is -0.280. The van der Waals surface area contributed by atoms with Crippen molar-refractivity contribution in [2.45, 2.75) is 46.2 Å². The van der Waals surface area contributed by atoms with Gasteiger partial charge in [0.2, 0.25) is 0 Å². The summed E-state index contributed by atoms with van der Waals surface area (Å²) >= 11 is 0. The fraction of sp³-hybridized carbons (Fsp3) is 1.00. The molecule has 0 aromatic carbocycles. The maximum atomic E-state index is 9.64. The van der Waals surface area contributed by atoms with Crippen molar-refractivity contribution in [1.29, 1.82) is 0 Å². The van der Waals surface area contributed by atoms with Gasteiger partial charge in [-0.1, -0.05) is 14.9 Å². The van der Waals surface area contributed by atoms with Gasteiger partial charge in [-0.05, 0) is 12.8 Å². The van der Waals surface area contributed by atoms with Crippen molar-refractivity contribution < 1.29 is 33.5 Å². The van der Waals surface area contributed by atoms with Crippen LogP contribution in [0.15, 0.2) is 0 Å². The average molecular weight is 338 g/mol. The minimum absolute atomic E-state index is 0. The Balaban J connectivity index is 0.00000242. The third kappa shape index (κ3) is 13.8. The standard InChI is InChI=1S/C14H26O7.2CH4/c15-12(8-17-5-2-6-19-14-11-21-14)7-16-3-1-4-18-9-13-10-20-13;;/h12-15H,1-11H2;2*1H4. The Bertz CT molecular complexity index is 257. The number of hydrogen-bond acceptors (Lipinski definition) is 7. The largest absolute Gasteiger partial charge is 0.388 e. The minimum Gasteiger partial charge on any atom is -0.388 e. The molecule has 2 saturated heterocycles. The van der Waals surface area contributed by atoms with Gasteiger partial charge < -0.3 is 33.5 Å². The molecule has 7 nitrogen and oxygen atoms in total. The van der Waals surface area contributed by atoms with Gasteiger partial charge in [0, 0.05) is 19.8 Å². The maximum Gasteiger partial charge on any atom is 0.181 e. The Labute approximate surface area is 140 Å². The molecule has 0 saturated carbocycles. The first-order chi connectivity index (χ1) is 10.3. The van der Waals surface area contributed by atoms with E-state index in [4.69, 9.17) is 28.4 Å². The molecule has 0 aromatic heterocycles. The third-order valence-corrected chi connectivity index (χ3v) is 2.94. The van der Waals surface area contributed by atoms with Crippen LogP contribution in [0, 0.1) is 0 Å². The maximum absolute atomic E-state index is 9.64. The molecule has 0 aromatic rings. The highest BCUT2D eigenvalue weighted by atomic mass is 16.8. The quantitative estimate of drug-likeness (QED) is 0.355. The first kappa shape index (κ1) is 22.7. The van der Waals surface area contributed by atoms with Crippen molar-refractivity contribution in [3.05, 3.63) is 0 Å². The van der Waals surface area contributed by atoms with Crippen LogP contribution in [0.1, 0.15) is 27.7 Å². The normalized spacial score (nSPS) is 22.8. The second-order valence-corrected chi connectivity index (χ2v) is 5.17. The van der Waals surface area contributed by atoms with Gasteiger partial charge in [0.05, 0.1) is 33.0 Å². The first-order valence-electron chi connectivity index (χ1n) is 7.60. The van der Waals surface area contributed by atoms with E-state index in [-0.39, 0.29) is 34.4 Å². The molecule has 0 bridgehead atoms. The second-order valence-electron chi connectivity index (χ2n) is 5.17. The van der Waals surface area contributed by atoms with Gasteiger partial charge in [-0.2, -0.15) is 0 Å². The molecule has 2 fully saturated rings. The molecule has 2 aliphatic rings. The Morgan fingerprint density at radius 1 is 0.870 bits per heavy atom. The van der Waals surface area contributed by atoms with Crippen LogP contribution < -0.4 is 0 Å². The van der Waals surface area contributed by atoms with Crippen LogP contribution in [0.4, 0.5) is 0 Å². The van der Waals surface area contributed by atoms with Crippen molar-refractivity contribution in [1.82, 2.24) is 0 Å². The lowest BCUT2D eigenvalue weighted by atomic mass is 10.4. The molecule has 7 heteroatoms. The van der Waals surface area contributed by atoms with Crippen molar-refractivity contribution in [2.75, 3.05) is 59.5 Å². The molecule has 2 rings (SSSR count). The molecule has 140 valence electrons. The fourth-order valence-corrected chi connectivity index (χ4v) is 1.64. The van der Waals surface area contributed by atoms with E-state index in [0.29, 0.717) is 45.7 Å². The Kier molecular flexibility index (Phi) is 13.9. The van der Waals surface area contributed by atoms with E-state index in [1.54, 1.807) is 0 Å². The summed E-state index contributed by atoms with van der Waals surface area (Å²) < 4.78 is 31.3. The molecular weight excluding hydrogens is 304 g/mol. The second kappa shape index (κ2) is 14.1. The average Bonchev–Trinajstić information content (AvgIpc) is 3.36. The zero-order valence-corrected chi connectivity index (χ0v) is 12.4. The molecule has 3 atom stereocenters. The van der Waals surface area contributed by atoms with Crippen molar-refractivity contribution >= 4 is 0 Å². The molecule has 1 N–H and O–H groups in total. The lowest BCUT2D eigenvalue weighted by Crippen LogP contribution is -2.22. The third-order valence-electron chi connectivity index (χ3n) is 2.94. The summed E-state index contributed by atoms with van der Waals surface area (Å²) in [7, 11) is 0. The molecular formula is C16H34O7. The van der Waals surface area contributed by atoms with E-state index >= 15 is 0 Å². The summed E-state index contributed by atoms with van der Waals surface area (Å²) in [6, 6.07) is 0. The van der Waals surface area contributed by atoms with Gasteiger partial charge in [0.25, 0.3) is 0 Å². The number of ether oxygens (including phenoxy) is 6. The highest BCUT2D eigenvalue weighted by Crippen LogP contribution is 2.10. The van der Waals surface area contributed by atoms with Gasteiger partial charge in [-0.15, -0.1) is 0 Å². The molecule has 2 aliphatic heterocycles. The zero-order valence-electron chi connectivity index (χ0n) is 12.4. The highest BCUT2D eigenvalue weighted by molar-refractivity contribution is 4.66. The SMILES string of the molecule is C.C.OC(COCCCOCC1CO1)COCCCOC1CO1. The minimum atomic E-state index is -0.585. The number of aliphatic hydroxyl groups is 1. The molecule has 23 heavy (non-hydrogen) atoms. The van der Waals surface area contributed by atoms with Gasteiger partial charge in [-0.3, -0.25) is 0 Å². The Morgan fingerprint density at radius 3 is 2.00 bits per heavy atom. The van der Waals surface area contributed by atoms with Crippen molar-refractivity contribution in [3.63, 3.8) is 0 Å². The summed E-state index contributed by atoms with van der Waals surface area (Å²) in [6.07, 6.45) is 1.35. The van der Waals surface area contributed by atoms with Gasteiger partial charge >= 0.3 is 0 Å². The molecule has 0 aliphatic carbocycles. The molecule has 3 unspecified atom stereocenters. The van der Waals surface area contributed by atoms with Crippen LogP contribution in [-0.2, 0) is 28.4 Å². The summed E-state index contributed by atoms with van der Waals surface area (Å²) in [5.41, 5.74) is 0. The van der Waals surface area contributed by atoms with E-state index in [1.807, 2.05) is 0 Å². The van der Waals surface area contributed by atoms with Crippen molar-refractivity contribution in [2.24, 2.45) is 0 Å². The predicted molar refractivity (Wildman–Crippen MR) is 86.6 cm³/mol. The number of rotatable bonds is 15. The van der Waals surface area contributed by atoms with Crippen LogP contribution in [0.5, 0.6) is 0 Å². The van der Waals surface area contributed by atoms with E-state index < -0.39 is 6.10 Å². The first-order valence-corrected chi connectivity index (χ1v) is 7.60. The topological polar surface area (TPSA) is 82.2 Å². The monoisotopic (exact) mass is 338 g/mol. The lowest BCUT2D eigenvalue weighted by Gasteiger charge is -2.12. The van der Waals surface area contributed by atoms with Gasteiger partial charge in [-0.25, -0.2) is 0 Å². The van der Waals surface area contributed by atoms with Crippen molar-refractivity contribution in [3.8, 4) is 0 Å². The van der Waals surface area contributed by atoms with Gasteiger partial charge in [0.15, 0.2) is 6.29 Å². The van der Waals surface area contributed by atoms with Crippen LogP contribution in [-0.4, -0.2) is 83.1 Å². The summed E-state index contributed by atoms with van der Waals surface area (Å²) in [6.45, 7) is 5.22. The lowest BCUT2D eigenvalue weighted by molar-refractivity contribution is -0.0290. The molecule has 2 heterocycles. The number of epoxide rings is 2.